The maximum absolute atomic E-state index is 6.00. The lowest BCUT2D eigenvalue weighted by molar-refractivity contribution is 0.224. The van der Waals surface area contributed by atoms with Crippen molar-refractivity contribution < 1.29 is 0 Å². The van der Waals surface area contributed by atoms with E-state index in [0.717, 1.165) is 17.5 Å². The summed E-state index contributed by atoms with van der Waals surface area (Å²) in [6, 6.07) is 8.93. The van der Waals surface area contributed by atoms with E-state index in [2.05, 4.69) is 22.3 Å². The summed E-state index contributed by atoms with van der Waals surface area (Å²) in [7, 11) is 0. The molecule has 3 heteroatoms. The van der Waals surface area contributed by atoms with Crippen molar-refractivity contribution in [1.29, 1.82) is 0 Å². The van der Waals surface area contributed by atoms with Gasteiger partial charge in [-0.05, 0) is 81.9 Å². The van der Waals surface area contributed by atoms with E-state index in [-0.39, 0.29) is 0 Å². The molecule has 1 N–H and O–H groups in total. The molecule has 1 saturated heterocycles. The quantitative estimate of drug-likeness (QED) is 0.757. The van der Waals surface area contributed by atoms with Crippen LogP contribution in [-0.4, -0.2) is 31.1 Å². The molecule has 1 saturated carbocycles. The molecule has 2 nitrogen and oxygen atoms in total. The molecular weight excluding hydrogens is 280 g/mol. The summed E-state index contributed by atoms with van der Waals surface area (Å²) in [5.74, 6) is 0.834. The van der Waals surface area contributed by atoms with Crippen molar-refractivity contribution in [2.75, 3.05) is 26.2 Å². The van der Waals surface area contributed by atoms with E-state index >= 15 is 0 Å². The van der Waals surface area contributed by atoms with Crippen LogP contribution in [-0.2, 0) is 0 Å². The zero-order valence-electron chi connectivity index (χ0n) is 12.9. The Kier molecular flexibility index (Phi) is 5.56. The van der Waals surface area contributed by atoms with Crippen LogP contribution in [0.5, 0.6) is 0 Å². The Hall–Kier alpha value is -0.570. The lowest BCUT2D eigenvalue weighted by atomic mass is 10.0. The Morgan fingerprint density at radius 2 is 1.81 bits per heavy atom. The summed E-state index contributed by atoms with van der Waals surface area (Å²) >= 11 is 6.00. The monoisotopic (exact) mass is 306 g/mol. The first-order valence-corrected chi connectivity index (χ1v) is 8.92. The summed E-state index contributed by atoms with van der Waals surface area (Å²) in [5.41, 5.74) is 1.40. The zero-order valence-corrected chi connectivity index (χ0v) is 13.6. The second kappa shape index (κ2) is 7.62. The molecule has 116 valence electrons. The van der Waals surface area contributed by atoms with Gasteiger partial charge in [0.25, 0.3) is 0 Å². The molecule has 3 rings (SSSR count). The Morgan fingerprint density at radius 1 is 1.10 bits per heavy atom. The molecule has 0 bridgehead atoms. The number of halogens is 1. The zero-order chi connectivity index (χ0) is 14.5. The van der Waals surface area contributed by atoms with Crippen molar-refractivity contribution in [3.05, 3.63) is 34.9 Å². The third kappa shape index (κ3) is 4.70. The van der Waals surface area contributed by atoms with Crippen LogP contribution < -0.4 is 5.32 Å². The Bertz CT molecular complexity index is 421. The Balaban J connectivity index is 1.44. The van der Waals surface area contributed by atoms with Crippen molar-refractivity contribution >= 4 is 11.6 Å². The largest absolute Gasteiger partial charge is 0.310 e. The van der Waals surface area contributed by atoms with Crippen LogP contribution >= 0.6 is 11.6 Å². The molecule has 0 amide bonds. The van der Waals surface area contributed by atoms with Gasteiger partial charge < -0.3 is 10.2 Å². The first-order chi connectivity index (χ1) is 10.3. The second-order valence-corrected chi connectivity index (χ2v) is 7.01. The van der Waals surface area contributed by atoms with E-state index in [1.807, 2.05) is 12.1 Å². The molecule has 1 unspecified atom stereocenters. The summed E-state index contributed by atoms with van der Waals surface area (Å²) in [6.07, 6.45) is 8.20. The SMILES string of the molecule is Clc1ccc(C(NCCCN2CCCCC2)C2CC2)cc1. The molecule has 1 aliphatic carbocycles. The van der Waals surface area contributed by atoms with Crippen molar-refractivity contribution in [3.8, 4) is 0 Å². The van der Waals surface area contributed by atoms with Crippen LogP contribution in [0.3, 0.4) is 0 Å². The number of piperidine rings is 1. The van der Waals surface area contributed by atoms with Crippen molar-refractivity contribution in [1.82, 2.24) is 10.2 Å². The minimum Gasteiger partial charge on any atom is -0.310 e. The minimum atomic E-state index is 0.531. The lowest BCUT2D eigenvalue weighted by Gasteiger charge is -2.27. The molecule has 2 fully saturated rings. The number of benzene rings is 1. The molecular formula is C18H27ClN2. The average Bonchev–Trinajstić information content (AvgIpc) is 3.34. The van der Waals surface area contributed by atoms with Crippen molar-refractivity contribution in [2.45, 2.75) is 44.6 Å². The van der Waals surface area contributed by atoms with Gasteiger partial charge in [-0.15, -0.1) is 0 Å². The molecule has 1 aromatic rings. The molecule has 0 radical (unpaired) electrons. The molecule has 1 heterocycles. The summed E-state index contributed by atoms with van der Waals surface area (Å²) < 4.78 is 0. The number of nitrogens with zero attached hydrogens (tertiary/aromatic N) is 1. The van der Waals surface area contributed by atoms with Crippen LogP contribution in [0.25, 0.3) is 0 Å². The first kappa shape index (κ1) is 15.3. The molecule has 1 aliphatic heterocycles. The summed E-state index contributed by atoms with van der Waals surface area (Å²) in [5, 5.41) is 4.62. The number of hydrogen-bond acceptors (Lipinski definition) is 2. The molecule has 2 aliphatic rings. The fourth-order valence-corrected chi connectivity index (χ4v) is 3.53. The Morgan fingerprint density at radius 3 is 2.48 bits per heavy atom. The maximum Gasteiger partial charge on any atom is 0.0406 e. The lowest BCUT2D eigenvalue weighted by Crippen LogP contribution is -2.33. The van der Waals surface area contributed by atoms with Crippen LogP contribution in [0.1, 0.15) is 50.1 Å². The topological polar surface area (TPSA) is 15.3 Å². The Labute approximate surface area is 133 Å². The second-order valence-electron chi connectivity index (χ2n) is 6.58. The van der Waals surface area contributed by atoms with E-state index in [1.54, 1.807) is 0 Å². The third-order valence-corrected chi connectivity index (χ3v) is 5.04. The smallest absolute Gasteiger partial charge is 0.0406 e. The number of rotatable bonds is 7. The standard InChI is InChI=1S/C18H27ClN2/c19-17-9-7-16(8-10-17)18(15-5-6-15)20-11-4-14-21-12-2-1-3-13-21/h7-10,15,18,20H,1-6,11-14H2. The fourth-order valence-electron chi connectivity index (χ4n) is 3.40. The van der Waals surface area contributed by atoms with Crippen LogP contribution in [0.15, 0.2) is 24.3 Å². The highest BCUT2D eigenvalue weighted by Gasteiger charge is 2.31. The highest BCUT2D eigenvalue weighted by Crippen LogP contribution is 2.41. The van der Waals surface area contributed by atoms with Gasteiger partial charge in [0.1, 0.15) is 0 Å². The predicted octanol–water partition coefficient (Wildman–Crippen LogP) is 4.26. The third-order valence-electron chi connectivity index (χ3n) is 4.79. The van der Waals surface area contributed by atoms with Crippen molar-refractivity contribution in [3.63, 3.8) is 0 Å². The van der Waals surface area contributed by atoms with E-state index < -0.39 is 0 Å². The van der Waals surface area contributed by atoms with Crippen molar-refractivity contribution in [2.24, 2.45) is 5.92 Å². The number of likely N-dealkylation sites (tertiary alicyclic amines) is 1. The fraction of sp³-hybridized carbons (Fsp3) is 0.667. The van der Waals surface area contributed by atoms with Gasteiger partial charge in [0.15, 0.2) is 0 Å². The predicted molar refractivity (Wildman–Crippen MR) is 89.8 cm³/mol. The highest BCUT2D eigenvalue weighted by molar-refractivity contribution is 6.30. The number of nitrogens with one attached hydrogen (secondary N) is 1. The van der Waals surface area contributed by atoms with E-state index in [0.29, 0.717) is 6.04 Å². The first-order valence-electron chi connectivity index (χ1n) is 8.54. The highest BCUT2D eigenvalue weighted by atomic mass is 35.5. The van der Waals surface area contributed by atoms with E-state index in [9.17, 15) is 0 Å². The average molecular weight is 307 g/mol. The van der Waals surface area contributed by atoms with E-state index in [4.69, 9.17) is 11.6 Å². The molecule has 21 heavy (non-hydrogen) atoms. The maximum atomic E-state index is 6.00. The van der Waals surface area contributed by atoms with Gasteiger partial charge in [-0.3, -0.25) is 0 Å². The van der Waals surface area contributed by atoms with Gasteiger partial charge in [-0.2, -0.15) is 0 Å². The summed E-state index contributed by atoms with van der Waals surface area (Å²) in [4.78, 5) is 2.62. The molecule has 1 aromatic carbocycles. The van der Waals surface area contributed by atoms with Gasteiger partial charge in [-0.25, -0.2) is 0 Å². The molecule has 0 spiro atoms. The molecule has 1 atom stereocenters. The van der Waals surface area contributed by atoms with Gasteiger partial charge in [0.05, 0.1) is 0 Å². The van der Waals surface area contributed by atoms with Gasteiger partial charge >= 0.3 is 0 Å². The molecule has 0 aromatic heterocycles. The van der Waals surface area contributed by atoms with Crippen LogP contribution in [0, 0.1) is 5.92 Å². The van der Waals surface area contributed by atoms with Gasteiger partial charge in [0.2, 0.25) is 0 Å². The summed E-state index contributed by atoms with van der Waals surface area (Å²) in [6.45, 7) is 5.00. The van der Waals surface area contributed by atoms with Gasteiger partial charge in [-0.1, -0.05) is 30.2 Å². The minimum absolute atomic E-state index is 0.531. The normalized spacial score (nSPS) is 21.4. The number of hydrogen-bond donors (Lipinski definition) is 1. The van der Waals surface area contributed by atoms with Crippen LogP contribution in [0.2, 0.25) is 5.02 Å². The van der Waals surface area contributed by atoms with Crippen LogP contribution in [0.4, 0.5) is 0 Å². The van der Waals surface area contributed by atoms with Gasteiger partial charge in [0, 0.05) is 11.1 Å². The van der Waals surface area contributed by atoms with E-state index in [1.165, 1.54) is 63.7 Å².